The Morgan fingerprint density at radius 1 is 1.22 bits per heavy atom. The van der Waals surface area contributed by atoms with Gasteiger partial charge in [0.15, 0.2) is 0 Å². The maximum absolute atomic E-state index is 10.5. The Labute approximate surface area is 116 Å². The number of nitrogens with zero attached hydrogens (tertiary/aromatic N) is 1. The van der Waals surface area contributed by atoms with Crippen LogP contribution in [0.1, 0.15) is 18.1 Å². The topological polar surface area (TPSA) is 33.1 Å². The SMILES string of the molecule is CC(O)(Cc1cccc(Cl)c1Cl)c1cccnc1. The number of hydrogen-bond acceptors (Lipinski definition) is 2. The number of halogens is 2. The van der Waals surface area contributed by atoms with E-state index < -0.39 is 5.60 Å². The van der Waals surface area contributed by atoms with E-state index >= 15 is 0 Å². The summed E-state index contributed by atoms with van der Waals surface area (Å²) >= 11 is 12.1. The van der Waals surface area contributed by atoms with E-state index in [1.165, 1.54) is 0 Å². The molecule has 1 heterocycles. The van der Waals surface area contributed by atoms with Crippen LogP contribution in [-0.4, -0.2) is 10.1 Å². The van der Waals surface area contributed by atoms with Crippen molar-refractivity contribution >= 4 is 23.2 Å². The zero-order valence-corrected chi connectivity index (χ0v) is 11.4. The van der Waals surface area contributed by atoms with E-state index in [1.807, 2.05) is 18.2 Å². The number of pyridine rings is 1. The molecule has 2 nitrogen and oxygen atoms in total. The van der Waals surface area contributed by atoms with Crippen molar-refractivity contribution in [2.24, 2.45) is 0 Å². The molecule has 1 unspecified atom stereocenters. The molecule has 0 amide bonds. The zero-order valence-electron chi connectivity index (χ0n) is 9.90. The highest BCUT2D eigenvalue weighted by atomic mass is 35.5. The molecule has 18 heavy (non-hydrogen) atoms. The molecule has 0 saturated carbocycles. The van der Waals surface area contributed by atoms with Crippen molar-refractivity contribution in [2.45, 2.75) is 18.9 Å². The number of aliphatic hydroxyl groups is 1. The average molecular weight is 282 g/mol. The summed E-state index contributed by atoms with van der Waals surface area (Å²) in [5.74, 6) is 0. The van der Waals surface area contributed by atoms with Gasteiger partial charge in [-0.05, 0) is 24.6 Å². The molecule has 1 N–H and O–H groups in total. The molecule has 0 fully saturated rings. The van der Waals surface area contributed by atoms with Crippen molar-refractivity contribution in [3.63, 3.8) is 0 Å². The molecule has 0 spiro atoms. The molecular formula is C14H13Cl2NO. The van der Waals surface area contributed by atoms with Crippen molar-refractivity contribution in [3.05, 3.63) is 63.9 Å². The van der Waals surface area contributed by atoms with E-state index in [4.69, 9.17) is 23.2 Å². The summed E-state index contributed by atoms with van der Waals surface area (Å²) in [5, 5.41) is 11.5. The minimum atomic E-state index is -1.03. The summed E-state index contributed by atoms with van der Waals surface area (Å²) in [6, 6.07) is 9.04. The third-order valence-electron chi connectivity index (χ3n) is 2.85. The lowest BCUT2D eigenvalue weighted by Crippen LogP contribution is -2.24. The van der Waals surface area contributed by atoms with Crippen LogP contribution in [0.5, 0.6) is 0 Å². The van der Waals surface area contributed by atoms with Crippen LogP contribution in [0.25, 0.3) is 0 Å². The van der Waals surface area contributed by atoms with E-state index in [0.717, 1.165) is 11.1 Å². The summed E-state index contributed by atoms with van der Waals surface area (Å²) in [6.07, 6.45) is 3.71. The van der Waals surface area contributed by atoms with E-state index in [-0.39, 0.29) is 0 Å². The van der Waals surface area contributed by atoms with Crippen LogP contribution in [0.3, 0.4) is 0 Å². The summed E-state index contributed by atoms with van der Waals surface area (Å²) < 4.78 is 0. The van der Waals surface area contributed by atoms with Crippen molar-refractivity contribution in [1.29, 1.82) is 0 Å². The molecule has 2 rings (SSSR count). The number of aromatic nitrogens is 1. The van der Waals surface area contributed by atoms with Crippen LogP contribution >= 0.6 is 23.2 Å². The van der Waals surface area contributed by atoms with E-state index in [1.54, 1.807) is 31.5 Å². The van der Waals surface area contributed by atoms with Gasteiger partial charge in [0, 0.05) is 24.4 Å². The normalized spacial score (nSPS) is 14.2. The lowest BCUT2D eigenvalue weighted by molar-refractivity contribution is 0.0573. The standard InChI is InChI=1S/C14H13Cl2NO/c1-14(18,11-5-3-7-17-9-11)8-10-4-2-6-12(15)13(10)16/h2-7,9,18H,8H2,1H3. The molecular weight excluding hydrogens is 269 g/mol. The summed E-state index contributed by atoms with van der Waals surface area (Å²) in [7, 11) is 0. The van der Waals surface area contributed by atoms with E-state index in [0.29, 0.717) is 16.5 Å². The van der Waals surface area contributed by atoms with Gasteiger partial charge in [0.1, 0.15) is 0 Å². The molecule has 1 aromatic carbocycles. The monoisotopic (exact) mass is 281 g/mol. The van der Waals surface area contributed by atoms with Gasteiger partial charge in [-0.2, -0.15) is 0 Å². The summed E-state index contributed by atoms with van der Waals surface area (Å²) in [6.45, 7) is 1.74. The quantitative estimate of drug-likeness (QED) is 0.927. The van der Waals surface area contributed by atoms with Gasteiger partial charge < -0.3 is 5.11 Å². The van der Waals surface area contributed by atoms with Gasteiger partial charge in [-0.25, -0.2) is 0 Å². The fourth-order valence-corrected chi connectivity index (χ4v) is 2.23. The first kappa shape index (κ1) is 13.3. The van der Waals surface area contributed by atoms with Crippen LogP contribution in [0, 0.1) is 0 Å². The van der Waals surface area contributed by atoms with Crippen LogP contribution < -0.4 is 0 Å². The summed E-state index contributed by atoms with van der Waals surface area (Å²) in [4.78, 5) is 4.01. The number of hydrogen-bond donors (Lipinski definition) is 1. The second-order valence-corrected chi connectivity index (χ2v) is 5.19. The van der Waals surface area contributed by atoms with Gasteiger partial charge in [-0.3, -0.25) is 4.98 Å². The molecule has 1 aromatic heterocycles. The Morgan fingerprint density at radius 3 is 2.67 bits per heavy atom. The zero-order chi connectivity index (χ0) is 13.2. The van der Waals surface area contributed by atoms with Gasteiger partial charge in [0.25, 0.3) is 0 Å². The Morgan fingerprint density at radius 2 is 2.00 bits per heavy atom. The Kier molecular flexibility index (Phi) is 3.91. The van der Waals surface area contributed by atoms with E-state index in [2.05, 4.69) is 4.98 Å². The number of benzene rings is 1. The number of rotatable bonds is 3. The first-order chi connectivity index (χ1) is 8.50. The van der Waals surface area contributed by atoms with Crippen molar-refractivity contribution in [1.82, 2.24) is 4.98 Å². The highest BCUT2D eigenvalue weighted by Crippen LogP contribution is 2.31. The second-order valence-electron chi connectivity index (χ2n) is 4.41. The molecule has 0 saturated heterocycles. The van der Waals surface area contributed by atoms with Crippen molar-refractivity contribution in [2.75, 3.05) is 0 Å². The predicted octanol–water partition coefficient (Wildman–Crippen LogP) is 3.84. The molecule has 4 heteroatoms. The highest BCUT2D eigenvalue weighted by molar-refractivity contribution is 6.42. The highest BCUT2D eigenvalue weighted by Gasteiger charge is 2.25. The molecule has 2 aromatic rings. The first-order valence-electron chi connectivity index (χ1n) is 5.56. The maximum Gasteiger partial charge on any atom is 0.0924 e. The Bertz CT molecular complexity index is 541. The average Bonchev–Trinajstić information content (AvgIpc) is 2.36. The van der Waals surface area contributed by atoms with Crippen molar-refractivity contribution < 1.29 is 5.11 Å². The first-order valence-corrected chi connectivity index (χ1v) is 6.32. The van der Waals surface area contributed by atoms with Gasteiger partial charge in [-0.15, -0.1) is 0 Å². The minimum absolute atomic E-state index is 0.387. The molecule has 1 atom stereocenters. The van der Waals surface area contributed by atoms with Gasteiger partial charge in [0.05, 0.1) is 15.6 Å². The smallest absolute Gasteiger partial charge is 0.0924 e. The van der Waals surface area contributed by atoms with Gasteiger partial charge in [-0.1, -0.05) is 41.4 Å². The molecule has 0 aliphatic carbocycles. The molecule has 0 aliphatic heterocycles. The van der Waals surface area contributed by atoms with Gasteiger partial charge in [0.2, 0.25) is 0 Å². The van der Waals surface area contributed by atoms with Crippen LogP contribution in [-0.2, 0) is 12.0 Å². The molecule has 0 aliphatic rings. The van der Waals surface area contributed by atoms with Crippen LogP contribution in [0.2, 0.25) is 10.0 Å². The predicted molar refractivity (Wildman–Crippen MR) is 74.0 cm³/mol. The Hall–Kier alpha value is -1.09. The molecule has 0 radical (unpaired) electrons. The van der Waals surface area contributed by atoms with E-state index in [9.17, 15) is 5.11 Å². The van der Waals surface area contributed by atoms with Gasteiger partial charge >= 0.3 is 0 Å². The largest absolute Gasteiger partial charge is 0.385 e. The summed E-state index contributed by atoms with van der Waals surface area (Å²) in [5.41, 5.74) is 0.543. The minimum Gasteiger partial charge on any atom is -0.385 e. The third kappa shape index (κ3) is 2.83. The lowest BCUT2D eigenvalue weighted by Gasteiger charge is -2.24. The lowest BCUT2D eigenvalue weighted by atomic mass is 9.90. The molecule has 0 bridgehead atoms. The third-order valence-corrected chi connectivity index (χ3v) is 3.71. The fraction of sp³-hybridized carbons (Fsp3) is 0.214. The second kappa shape index (κ2) is 5.27. The van der Waals surface area contributed by atoms with Crippen molar-refractivity contribution in [3.8, 4) is 0 Å². The van der Waals surface area contributed by atoms with Crippen LogP contribution in [0.4, 0.5) is 0 Å². The fourth-order valence-electron chi connectivity index (χ4n) is 1.84. The Balaban J connectivity index is 2.31. The van der Waals surface area contributed by atoms with Crippen LogP contribution in [0.15, 0.2) is 42.7 Å². The maximum atomic E-state index is 10.5. The molecule has 94 valence electrons.